The van der Waals surface area contributed by atoms with E-state index in [2.05, 4.69) is 9.97 Å². The van der Waals surface area contributed by atoms with Crippen LogP contribution in [-0.2, 0) is 10.0 Å². The Morgan fingerprint density at radius 1 is 1.08 bits per heavy atom. The van der Waals surface area contributed by atoms with Crippen LogP contribution in [0, 0.1) is 6.92 Å². The highest BCUT2D eigenvalue weighted by Gasteiger charge is 2.30. The highest BCUT2D eigenvalue weighted by atomic mass is 35.5. The average Bonchev–Trinajstić information content (AvgIpc) is 2.61. The number of nitrogens with zero attached hydrogens (tertiary/aromatic N) is 5. The molecule has 2 aromatic rings. The topological polar surface area (TPSA) is 69.6 Å². The van der Waals surface area contributed by atoms with E-state index >= 15 is 0 Å². The van der Waals surface area contributed by atoms with E-state index in [4.69, 9.17) is 11.6 Å². The van der Waals surface area contributed by atoms with E-state index in [0.717, 1.165) is 11.5 Å². The molecule has 1 fully saturated rings. The van der Waals surface area contributed by atoms with Crippen molar-refractivity contribution in [2.24, 2.45) is 0 Å². The molecule has 0 spiro atoms. The summed E-state index contributed by atoms with van der Waals surface area (Å²) in [6.45, 7) is 3.71. The minimum absolute atomic E-state index is 0.150. The lowest BCUT2D eigenvalue weighted by Crippen LogP contribution is -2.49. The van der Waals surface area contributed by atoms with Gasteiger partial charge in [0, 0.05) is 52.0 Å². The quantitative estimate of drug-likeness (QED) is 0.788. The van der Waals surface area contributed by atoms with Crippen molar-refractivity contribution < 1.29 is 8.42 Å². The smallest absolute Gasteiger partial charge is 0.244 e. The highest BCUT2D eigenvalue weighted by Crippen LogP contribution is 2.26. The van der Waals surface area contributed by atoms with Gasteiger partial charge < -0.3 is 9.80 Å². The summed E-state index contributed by atoms with van der Waals surface area (Å²) in [6, 6.07) is 8.45. The van der Waals surface area contributed by atoms with Crippen molar-refractivity contribution in [3.8, 4) is 0 Å². The van der Waals surface area contributed by atoms with Crippen molar-refractivity contribution in [1.29, 1.82) is 0 Å². The minimum atomic E-state index is -3.60. The number of aromatic nitrogens is 2. The number of benzene rings is 1. The molecule has 9 heteroatoms. The van der Waals surface area contributed by atoms with Crippen molar-refractivity contribution >= 4 is 33.4 Å². The summed E-state index contributed by atoms with van der Waals surface area (Å²) in [5, 5.41) is 0.243. The number of rotatable bonds is 4. The first-order chi connectivity index (χ1) is 12.3. The van der Waals surface area contributed by atoms with E-state index in [0.29, 0.717) is 32.1 Å². The maximum atomic E-state index is 12.8. The molecule has 1 aromatic carbocycles. The van der Waals surface area contributed by atoms with E-state index in [-0.39, 0.29) is 9.92 Å². The van der Waals surface area contributed by atoms with Gasteiger partial charge in [0.05, 0.1) is 5.02 Å². The van der Waals surface area contributed by atoms with Gasteiger partial charge in [0.15, 0.2) is 0 Å². The van der Waals surface area contributed by atoms with Crippen LogP contribution in [0.15, 0.2) is 35.2 Å². The van der Waals surface area contributed by atoms with Crippen LogP contribution >= 0.6 is 11.6 Å². The van der Waals surface area contributed by atoms with Crippen molar-refractivity contribution in [3.05, 3.63) is 41.0 Å². The third-order valence-corrected chi connectivity index (χ3v) is 6.66. The molecule has 1 aromatic heterocycles. The Balaban J connectivity index is 1.77. The van der Waals surface area contributed by atoms with Crippen LogP contribution in [0.25, 0.3) is 0 Å². The Labute approximate surface area is 159 Å². The molecule has 7 nitrogen and oxygen atoms in total. The van der Waals surface area contributed by atoms with E-state index in [1.54, 1.807) is 18.2 Å². The fourth-order valence-corrected chi connectivity index (χ4v) is 4.74. The summed E-state index contributed by atoms with van der Waals surface area (Å²) < 4.78 is 27.1. The lowest BCUT2D eigenvalue weighted by atomic mass is 10.3. The Morgan fingerprint density at radius 2 is 1.73 bits per heavy atom. The van der Waals surface area contributed by atoms with Crippen LogP contribution in [-0.4, -0.2) is 63.0 Å². The second-order valence-corrected chi connectivity index (χ2v) is 8.70. The number of hydrogen-bond donors (Lipinski definition) is 0. The third-order valence-electron chi connectivity index (χ3n) is 4.26. The summed E-state index contributed by atoms with van der Waals surface area (Å²) in [4.78, 5) is 13.2. The standard InChI is InChI=1S/C17H22ClN5O2S/c1-13-12-16(21(2)3)20-17(19-13)22-8-10-23(11-9-22)26(24,25)15-7-5-4-6-14(15)18/h4-7,12H,8-11H2,1-3H3. The van der Waals surface area contributed by atoms with Gasteiger partial charge in [0.1, 0.15) is 10.7 Å². The molecule has 26 heavy (non-hydrogen) atoms. The SMILES string of the molecule is Cc1cc(N(C)C)nc(N2CCN(S(=O)(=O)c3ccccc3Cl)CC2)n1. The summed E-state index contributed by atoms with van der Waals surface area (Å²) in [5.74, 6) is 1.46. The van der Waals surface area contributed by atoms with Gasteiger partial charge in [0.25, 0.3) is 0 Å². The summed E-state index contributed by atoms with van der Waals surface area (Å²) >= 11 is 6.08. The average molecular weight is 396 g/mol. The molecule has 0 radical (unpaired) electrons. The number of aryl methyl sites for hydroxylation is 1. The van der Waals surface area contributed by atoms with Crippen LogP contribution in [0.2, 0.25) is 5.02 Å². The first-order valence-electron chi connectivity index (χ1n) is 8.31. The molecule has 1 aliphatic heterocycles. The van der Waals surface area contributed by atoms with Gasteiger partial charge in [-0.15, -0.1) is 0 Å². The first kappa shape index (κ1) is 18.9. The van der Waals surface area contributed by atoms with E-state index < -0.39 is 10.0 Å². The van der Waals surface area contributed by atoms with Crippen LogP contribution in [0.5, 0.6) is 0 Å². The summed E-state index contributed by atoms with van der Waals surface area (Å²) in [7, 11) is 0.258. The fourth-order valence-electron chi connectivity index (χ4n) is 2.83. The van der Waals surface area contributed by atoms with Crippen LogP contribution < -0.4 is 9.80 Å². The maximum absolute atomic E-state index is 12.8. The largest absolute Gasteiger partial charge is 0.363 e. The van der Waals surface area contributed by atoms with Crippen molar-refractivity contribution in [2.45, 2.75) is 11.8 Å². The second-order valence-electron chi connectivity index (χ2n) is 6.38. The molecular weight excluding hydrogens is 374 g/mol. The van der Waals surface area contributed by atoms with Crippen molar-refractivity contribution in [3.63, 3.8) is 0 Å². The lowest BCUT2D eigenvalue weighted by Gasteiger charge is -2.34. The van der Waals surface area contributed by atoms with E-state index in [1.807, 2.05) is 36.9 Å². The Hall–Kier alpha value is -1.90. The molecule has 0 atom stereocenters. The van der Waals surface area contributed by atoms with Gasteiger partial charge in [-0.2, -0.15) is 9.29 Å². The number of halogens is 1. The van der Waals surface area contributed by atoms with Gasteiger partial charge >= 0.3 is 0 Å². The van der Waals surface area contributed by atoms with Gasteiger partial charge in [0.2, 0.25) is 16.0 Å². The summed E-state index contributed by atoms with van der Waals surface area (Å²) in [6.07, 6.45) is 0. The molecule has 2 heterocycles. The molecule has 3 rings (SSSR count). The van der Waals surface area contributed by atoms with Gasteiger partial charge in [-0.05, 0) is 19.1 Å². The Bertz CT molecular complexity index is 896. The number of sulfonamides is 1. The molecule has 0 amide bonds. The number of hydrogen-bond acceptors (Lipinski definition) is 6. The number of anilines is 2. The highest BCUT2D eigenvalue weighted by molar-refractivity contribution is 7.89. The van der Waals surface area contributed by atoms with Crippen molar-refractivity contribution in [1.82, 2.24) is 14.3 Å². The molecule has 0 unspecified atom stereocenters. The molecule has 1 aliphatic rings. The first-order valence-corrected chi connectivity index (χ1v) is 10.1. The van der Waals surface area contributed by atoms with Crippen molar-refractivity contribution in [2.75, 3.05) is 50.1 Å². The third kappa shape index (κ3) is 3.77. The second kappa shape index (κ2) is 7.38. The molecular formula is C17H22ClN5O2S. The molecule has 140 valence electrons. The Kier molecular flexibility index (Phi) is 5.36. The zero-order valence-corrected chi connectivity index (χ0v) is 16.6. The Morgan fingerprint density at radius 3 is 2.35 bits per heavy atom. The number of piperazine rings is 1. The normalized spacial score (nSPS) is 15.9. The molecule has 0 N–H and O–H groups in total. The maximum Gasteiger partial charge on any atom is 0.244 e. The minimum Gasteiger partial charge on any atom is -0.363 e. The predicted octanol–water partition coefficient (Wildman–Crippen LogP) is 2.02. The zero-order chi connectivity index (χ0) is 18.9. The predicted molar refractivity (Wildman–Crippen MR) is 104 cm³/mol. The van der Waals surface area contributed by atoms with E-state index in [9.17, 15) is 8.42 Å². The molecule has 0 saturated carbocycles. The zero-order valence-electron chi connectivity index (χ0n) is 15.1. The van der Waals surface area contributed by atoms with E-state index in [1.165, 1.54) is 10.4 Å². The fraction of sp³-hybridized carbons (Fsp3) is 0.412. The monoisotopic (exact) mass is 395 g/mol. The van der Waals surface area contributed by atoms with Crippen LogP contribution in [0.3, 0.4) is 0 Å². The van der Waals surface area contributed by atoms with Gasteiger partial charge in [-0.1, -0.05) is 23.7 Å². The summed E-state index contributed by atoms with van der Waals surface area (Å²) in [5.41, 5.74) is 0.879. The molecule has 0 aliphatic carbocycles. The molecule has 1 saturated heterocycles. The van der Waals surface area contributed by atoms with Crippen LogP contribution in [0.4, 0.5) is 11.8 Å². The van der Waals surface area contributed by atoms with Gasteiger partial charge in [-0.3, -0.25) is 0 Å². The molecule has 0 bridgehead atoms. The van der Waals surface area contributed by atoms with Gasteiger partial charge in [-0.25, -0.2) is 13.4 Å². The lowest BCUT2D eigenvalue weighted by molar-refractivity contribution is 0.382. The van der Waals surface area contributed by atoms with Crippen LogP contribution in [0.1, 0.15) is 5.69 Å².